The summed E-state index contributed by atoms with van der Waals surface area (Å²) < 4.78 is 13.0. The summed E-state index contributed by atoms with van der Waals surface area (Å²) in [6.07, 6.45) is 4.71. The standard InChI is InChI=1S/C13H18FN3O.2ClH/c1-9(10-3-2-4-15-6-10)17-13(18)11-5-12(14)8-16-7-11;;/h5,7-10,15H,2-4,6H2,1H3,(H,17,18);2*1H. The number of carbonyl (C=O) groups is 1. The lowest BCUT2D eigenvalue weighted by atomic mass is 9.92. The van der Waals surface area contributed by atoms with Crippen molar-refractivity contribution in [2.24, 2.45) is 5.92 Å². The van der Waals surface area contributed by atoms with Gasteiger partial charge in [-0.2, -0.15) is 0 Å². The Labute approximate surface area is 130 Å². The zero-order valence-electron chi connectivity index (χ0n) is 11.3. The minimum Gasteiger partial charge on any atom is -0.349 e. The van der Waals surface area contributed by atoms with Gasteiger partial charge in [0, 0.05) is 12.2 Å². The van der Waals surface area contributed by atoms with Crippen molar-refractivity contribution in [3.63, 3.8) is 0 Å². The van der Waals surface area contributed by atoms with Gasteiger partial charge in [0.25, 0.3) is 5.91 Å². The molecule has 4 nitrogen and oxygen atoms in total. The van der Waals surface area contributed by atoms with E-state index in [-0.39, 0.29) is 42.3 Å². The zero-order valence-corrected chi connectivity index (χ0v) is 12.9. The molecule has 2 atom stereocenters. The highest BCUT2D eigenvalue weighted by Crippen LogP contribution is 2.14. The average Bonchev–Trinajstić information content (AvgIpc) is 2.39. The molecule has 2 heterocycles. The summed E-state index contributed by atoms with van der Waals surface area (Å²) in [7, 11) is 0. The van der Waals surface area contributed by atoms with Crippen LogP contribution in [0.15, 0.2) is 18.5 Å². The Morgan fingerprint density at radius 3 is 2.85 bits per heavy atom. The molecule has 0 spiro atoms. The van der Waals surface area contributed by atoms with E-state index in [2.05, 4.69) is 15.6 Å². The van der Waals surface area contributed by atoms with E-state index >= 15 is 0 Å². The Morgan fingerprint density at radius 2 is 2.25 bits per heavy atom. The number of nitrogens with one attached hydrogen (secondary N) is 2. The number of nitrogens with zero attached hydrogens (tertiary/aromatic N) is 1. The molecule has 0 saturated carbocycles. The Balaban J connectivity index is 0.00000180. The molecular formula is C13H20Cl2FN3O. The molecule has 2 unspecified atom stereocenters. The van der Waals surface area contributed by atoms with Crippen molar-refractivity contribution >= 4 is 30.7 Å². The number of aromatic nitrogens is 1. The zero-order chi connectivity index (χ0) is 13.0. The molecular weight excluding hydrogens is 304 g/mol. The van der Waals surface area contributed by atoms with Gasteiger partial charge in [0.2, 0.25) is 0 Å². The van der Waals surface area contributed by atoms with E-state index in [0.717, 1.165) is 32.1 Å². The molecule has 20 heavy (non-hydrogen) atoms. The van der Waals surface area contributed by atoms with Crippen molar-refractivity contribution in [3.05, 3.63) is 29.8 Å². The maximum atomic E-state index is 13.0. The second-order valence-electron chi connectivity index (χ2n) is 4.76. The third-order valence-electron chi connectivity index (χ3n) is 3.37. The fourth-order valence-corrected chi connectivity index (χ4v) is 2.25. The molecule has 1 aromatic heterocycles. The lowest BCUT2D eigenvalue weighted by Crippen LogP contribution is -2.44. The molecule has 7 heteroatoms. The van der Waals surface area contributed by atoms with Crippen LogP contribution >= 0.6 is 24.8 Å². The van der Waals surface area contributed by atoms with Crippen LogP contribution in [0.2, 0.25) is 0 Å². The fourth-order valence-electron chi connectivity index (χ4n) is 2.25. The second kappa shape index (κ2) is 9.10. The second-order valence-corrected chi connectivity index (χ2v) is 4.76. The summed E-state index contributed by atoms with van der Waals surface area (Å²) in [5.41, 5.74) is 0.269. The number of hydrogen-bond acceptors (Lipinski definition) is 3. The number of pyridine rings is 1. The largest absolute Gasteiger partial charge is 0.349 e. The molecule has 2 N–H and O–H groups in total. The van der Waals surface area contributed by atoms with Crippen LogP contribution in [0.5, 0.6) is 0 Å². The Morgan fingerprint density at radius 1 is 1.50 bits per heavy atom. The van der Waals surface area contributed by atoms with Gasteiger partial charge in [-0.25, -0.2) is 4.39 Å². The maximum absolute atomic E-state index is 13.0. The lowest BCUT2D eigenvalue weighted by Gasteiger charge is -2.28. The number of carbonyl (C=O) groups excluding carboxylic acids is 1. The van der Waals surface area contributed by atoms with E-state index in [9.17, 15) is 9.18 Å². The normalized spacial score (nSPS) is 19.2. The highest BCUT2D eigenvalue weighted by Gasteiger charge is 2.21. The summed E-state index contributed by atoms with van der Waals surface area (Å²) >= 11 is 0. The summed E-state index contributed by atoms with van der Waals surface area (Å²) in [6, 6.07) is 1.28. The van der Waals surface area contributed by atoms with E-state index in [4.69, 9.17) is 0 Å². The molecule has 1 amide bonds. The number of amides is 1. The highest BCUT2D eigenvalue weighted by molar-refractivity contribution is 5.94. The molecule has 1 aromatic rings. The van der Waals surface area contributed by atoms with Crippen molar-refractivity contribution in [1.29, 1.82) is 0 Å². The maximum Gasteiger partial charge on any atom is 0.253 e. The van der Waals surface area contributed by atoms with Gasteiger partial charge in [-0.3, -0.25) is 9.78 Å². The number of rotatable bonds is 3. The lowest BCUT2D eigenvalue weighted by molar-refractivity contribution is 0.0921. The topological polar surface area (TPSA) is 54.0 Å². The summed E-state index contributed by atoms with van der Waals surface area (Å²) in [5.74, 6) is -0.320. The predicted octanol–water partition coefficient (Wildman–Crippen LogP) is 2.18. The van der Waals surface area contributed by atoms with Gasteiger partial charge in [0.05, 0.1) is 11.8 Å². The molecule has 1 saturated heterocycles. The van der Waals surface area contributed by atoms with Crippen LogP contribution < -0.4 is 10.6 Å². The van der Waals surface area contributed by atoms with Crippen molar-refractivity contribution < 1.29 is 9.18 Å². The highest BCUT2D eigenvalue weighted by atomic mass is 35.5. The first-order valence-electron chi connectivity index (χ1n) is 6.29. The van der Waals surface area contributed by atoms with Crippen LogP contribution in [0, 0.1) is 11.7 Å². The smallest absolute Gasteiger partial charge is 0.253 e. The first-order valence-corrected chi connectivity index (χ1v) is 6.29. The minimum atomic E-state index is -0.491. The molecule has 0 radical (unpaired) electrons. The Kier molecular flexibility index (Phi) is 8.69. The number of hydrogen-bond donors (Lipinski definition) is 2. The van der Waals surface area contributed by atoms with Gasteiger partial charge < -0.3 is 10.6 Å². The van der Waals surface area contributed by atoms with Gasteiger partial charge in [-0.1, -0.05) is 0 Å². The van der Waals surface area contributed by atoms with Crippen LogP contribution in [0.1, 0.15) is 30.1 Å². The van der Waals surface area contributed by atoms with Crippen LogP contribution in [0.25, 0.3) is 0 Å². The van der Waals surface area contributed by atoms with E-state index in [1.165, 1.54) is 12.3 Å². The molecule has 0 aromatic carbocycles. The van der Waals surface area contributed by atoms with Crippen LogP contribution in [0.3, 0.4) is 0 Å². The summed E-state index contributed by atoms with van der Waals surface area (Å²) in [6.45, 7) is 3.95. The minimum absolute atomic E-state index is 0. The summed E-state index contributed by atoms with van der Waals surface area (Å²) in [4.78, 5) is 15.6. The van der Waals surface area contributed by atoms with Crippen molar-refractivity contribution in [2.45, 2.75) is 25.8 Å². The van der Waals surface area contributed by atoms with Crippen molar-refractivity contribution in [1.82, 2.24) is 15.6 Å². The van der Waals surface area contributed by atoms with Gasteiger partial charge in [-0.05, 0) is 44.8 Å². The SMILES string of the molecule is CC(NC(=O)c1cncc(F)c1)C1CCCNC1.Cl.Cl. The average molecular weight is 324 g/mol. The van der Waals surface area contributed by atoms with E-state index in [1.54, 1.807) is 0 Å². The third kappa shape index (κ3) is 5.23. The van der Waals surface area contributed by atoms with Crippen molar-refractivity contribution in [3.8, 4) is 0 Å². The number of piperidine rings is 1. The van der Waals surface area contributed by atoms with Crippen molar-refractivity contribution in [2.75, 3.05) is 13.1 Å². The first-order chi connectivity index (χ1) is 8.66. The third-order valence-corrected chi connectivity index (χ3v) is 3.37. The first kappa shape index (κ1) is 19.1. The molecule has 2 rings (SSSR count). The molecule has 1 aliphatic heterocycles. The molecule has 0 bridgehead atoms. The van der Waals surface area contributed by atoms with Crippen LogP contribution in [0.4, 0.5) is 4.39 Å². The fraction of sp³-hybridized carbons (Fsp3) is 0.538. The van der Waals surface area contributed by atoms with E-state index in [1.807, 2.05) is 6.92 Å². The van der Waals surface area contributed by atoms with E-state index in [0.29, 0.717) is 5.92 Å². The monoisotopic (exact) mass is 323 g/mol. The predicted molar refractivity (Wildman–Crippen MR) is 81.2 cm³/mol. The van der Waals surface area contributed by atoms with Gasteiger partial charge in [0.15, 0.2) is 0 Å². The van der Waals surface area contributed by atoms with Crippen LogP contribution in [-0.4, -0.2) is 30.0 Å². The molecule has 1 aliphatic rings. The van der Waals surface area contributed by atoms with Gasteiger partial charge >= 0.3 is 0 Å². The molecule has 114 valence electrons. The molecule has 0 aliphatic carbocycles. The molecule has 1 fully saturated rings. The quantitative estimate of drug-likeness (QED) is 0.896. The Bertz CT molecular complexity index is 428. The van der Waals surface area contributed by atoms with Gasteiger partial charge in [0.1, 0.15) is 5.82 Å². The number of halogens is 3. The summed E-state index contributed by atoms with van der Waals surface area (Å²) in [5, 5.41) is 6.22. The van der Waals surface area contributed by atoms with E-state index < -0.39 is 5.82 Å². The van der Waals surface area contributed by atoms with Gasteiger partial charge in [-0.15, -0.1) is 24.8 Å². The Hall–Kier alpha value is -0.910. The van der Waals surface area contributed by atoms with Crippen LogP contribution in [-0.2, 0) is 0 Å².